The molecule has 3 N–H and O–H groups in total. The van der Waals surface area contributed by atoms with Crippen molar-refractivity contribution >= 4 is 13.7 Å². The first-order valence-electron chi connectivity index (χ1n) is 28.1. The van der Waals surface area contributed by atoms with Gasteiger partial charge in [0.1, 0.15) is 13.2 Å². The summed E-state index contributed by atoms with van der Waals surface area (Å²) in [6, 6.07) is -0.756. The van der Waals surface area contributed by atoms with Gasteiger partial charge in [-0.1, -0.05) is 251 Å². The van der Waals surface area contributed by atoms with Crippen molar-refractivity contribution < 1.29 is 32.9 Å². The number of amides is 1. The maximum absolute atomic E-state index is 13.0. The Hall–Kier alpha value is -0.760. The van der Waals surface area contributed by atoms with Crippen LogP contribution in [0.15, 0.2) is 12.2 Å². The molecule has 382 valence electrons. The van der Waals surface area contributed by atoms with Crippen molar-refractivity contribution in [3.05, 3.63) is 12.2 Å². The number of nitrogens with zero attached hydrogens (tertiary/aromatic N) is 1. The summed E-state index contributed by atoms with van der Waals surface area (Å²) in [6.45, 7) is 4.92. The van der Waals surface area contributed by atoms with Crippen molar-refractivity contribution in [3.63, 3.8) is 0 Å². The first-order chi connectivity index (χ1) is 31.0. The number of phosphoric ester groups is 1. The monoisotopic (exact) mass is 928 g/mol. The van der Waals surface area contributed by atoms with Crippen molar-refractivity contribution in [2.75, 3.05) is 40.9 Å². The Labute approximate surface area is 399 Å². The average molecular weight is 928 g/mol. The second-order valence-electron chi connectivity index (χ2n) is 20.7. The van der Waals surface area contributed by atoms with Crippen LogP contribution in [0.4, 0.5) is 0 Å². The standard InChI is InChI=1S/C55H111N2O6P/c1-6-8-10-12-14-16-18-20-22-23-24-25-26-27-28-29-30-31-32-33-35-37-39-41-43-45-47-49-55(59)56-53(52-63-64(60,61)62-51-50-57(3,4)5)54(58)48-46-44-42-40-38-36-34-21-19-17-15-13-11-9-7-2/h23-24,53-54,58H,6-22,25-52H2,1-5H3,(H-,56,59,60,61)/p+1/b24-23-. The van der Waals surface area contributed by atoms with Gasteiger partial charge < -0.3 is 19.8 Å². The van der Waals surface area contributed by atoms with Gasteiger partial charge in [-0.3, -0.25) is 13.8 Å². The number of carbonyl (C=O) groups is 1. The molecule has 1 amide bonds. The molecule has 0 heterocycles. The number of allylic oxidation sites excluding steroid dienone is 2. The third-order valence-electron chi connectivity index (χ3n) is 13.0. The quantitative estimate of drug-likeness (QED) is 0.0243. The van der Waals surface area contributed by atoms with Crippen molar-refractivity contribution in [2.45, 2.75) is 296 Å². The Bertz CT molecular complexity index is 1050. The van der Waals surface area contributed by atoms with Crippen LogP contribution in [-0.2, 0) is 18.4 Å². The molecule has 0 aromatic heterocycles. The Balaban J connectivity index is 4.09. The molecular weight excluding hydrogens is 816 g/mol. The van der Waals surface area contributed by atoms with Gasteiger partial charge in [-0.2, -0.15) is 0 Å². The topological polar surface area (TPSA) is 105 Å². The molecule has 0 aliphatic heterocycles. The van der Waals surface area contributed by atoms with Gasteiger partial charge in [-0.05, 0) is 38.5 Å². The molecular formula is C55H112N2O6P+. The van der Waals surface area contributed by atoms with E-state index in [1.54, 1.807) is 0 Å². The van der Waals surface area contributed by atoms with Gasteiger partial charge in [-0.25, -0.2) is 4.57 Å². The van der Waals surface area contributed by atoms with Gasteiger partial charge in [0.25, 0.3) is 0 Å². The number of phosphoric acid groups is 1. The zero-order valence-electron chi connectivity index (χ0n) is 43.6. The zero-order valence-corrected chi connectivity index (χ0v) is 44.4. The van der Waals surface area contributed by atoms with Crippen molar-refractivity contribution in [2.24, 2.45) is 0 Å². The minimum absolute atomic E-state index is 0.0776. The highest BCUT2D eigenvalue weighted by Crippen LogP contribution is 2.43. The molecule has 0 aliphatic carbocycles. The maximum atomic E-state index is 13.0. The molecule has 8 nitrogen and oxygen atoms in total. The van der Waals surface area contributed by atoms with E-state index in [0.29, 0.717) is 23.9 Å². The summed E-state index contributed by atoms with van der Waals surface area (Å²) in [5.74, 6) is -0.139. The van der Waals surface area contributed by atoms with E-state index in [-0.39, 0.29) is 19.1 Å². The second-order valence-corrected chi connectivity index (χ2v) is 22.1. The predicted molar refractivity (Wildman–Crippen MR) is 277 cm³/mol. The number of likely N-dealkylation sites (N-methyl/N-ethyl adjacent to an activating group) is 1. The van der Waals surface area contributed by atoms with E-state index in [0.717, 1.165) is 38.5 Å². The fraction of sp³-hybridized carbons (Fsp3) is 0.945. The minimum atomic E-state index is -4.32. The number of aliphatic hydroxyl groups excluding tert-OH is 1. The normalized spacial score (nSPS) is 14.0. The number of quaternary nitrogens is 1. The lowest BCUT2D eigenvalue weighted by Gasteiger charge is -2.26. The predicted octanol–water partition coefficient (Wildman–Crippen LogP) is 16.7. The van der Waals surface area contributed by atoms with E-state index in [9.17, 15) is 19.4 Å². The smallest absolute Gasteiger partial charge is 0.391 e. The molecule has 3 atom stereocenters. The molecule has 0 aliphatic rings. The molecule has 9 heteroatoms. The molecule has 0 aromatic rings. The molecule has 0 saturated heterocycles. The lowest BCUT2D eigenvalue weighted by molar-refractivity contribution is -0.870. The molecule has 0 saturated carbocycles. The molecule has 0 radical (unpaired) electrons. The number of hydrogen-bond acceptors (Lipinski definition) is 5. The zero-order chi connectivity index (χ0) is 47.1. The van der Waals surface area contributed by atoms with Crippen molar-refractivity contribution in [1.29, 1.82) is 0 Å². The summed E-state index contributed by atoms with van der Waals surface area (Å²) in [6.07, 6.45) is 56.9. The van der Waals surface area contributed by atoms with E-state index in [1.807, 2.05) is 21.1 Å². The number of carbonyl (C=O) groups excluding carboxylic acids is 1. The molecule has 3 unspecified atom stereocenters. The van der Waals surface area contributed by atoms with Crippen molar-refractivity contribution in [3.8, 4) is 0 Å². The Morgan fingerprint density at radius 1 is 0.516 bits per heavy atom. The van der Waals surface area contributed by atoms with E-state index in [2.05, 4.69) is 31.3 Å². The molecule has 0 aromatic carbocycles. The first-order valence-corrected chi connectivity index (χ1v) is 29.5. The lowest BCUT2D eigenvalue weighted by Crippen LogP contribution is -2.46. The number of rotatable bonds is 52. The summed E-state index contributed by atoms with van der Waals surface area (Å²) in [5, 5.41) is 14.0. The van der Waals surface area contributed by atoms with Crippen molar-refractivity contribution in [1.82, 2.24) is 5.32 Å². The minimum Gasteiger partial charge on any atom is -0.391 e. The summed E-state index contributed by atoms with van der Waals surface area (Å²) >= 11 is 0. The third kappa shape index (κ3) is 49.2. The Morgan fingerprint density at radius 3 is 1.20 bits per heavy atom. The molecule has 0 fully saturated rings. The Morgan fingerprint density at radius 2 is 0.844 bits per heavy atom. The fourth-order valence-electron chi connectivity index (χ4n) is 8.57. The van der Waals surface area contributed by atoms with Gasteiger partial charge in [0.05, 0.1) is 39.9 Å². The number of unbranched alkanes of at least 4 members (excludes halogenated alkanes) is 37. The van der Waals surface area contributed by atoms with Gasteiger partial charge in [0, 0.05) is 6.42 Å². The highest BCUT2D eigenvalue weighted by atomic mass is 31.2. The fourth-order valence-corrected chi connectivity index (χ4v) is 9.31. The highest BCUT2D eigenvalue weighted by Gasteiger charge is 2.28. The summed E-state index contributed by atoms with van der Waals surface area (Å²) in [5.41, 5.74) is 0. The summed E-state index contributed by atoms with van der Waals surface area (Å²) < 4.78 is 23.7. The van der Waals surface area contributed by atoms with E-state index in [4.69, 9.17) is 9.05 Å². The van der Waals surface area contributed by atoms with Crippen LogP contribution in [0.25, 0.3) is 0 Å². The van der Waals surface area contributed by atoms with Crippen LogP contribution in [0.5, 0.6) is 0 Å². The third-order valence-corrected chi connectivity index (χ3v) is 14.0. The summed E-state index contributed by atoms with van der Waals surface area (Å²) in [4.78, 5) is 23.3. The van der Waals surface area contributed by atoms with Crippen LogP contribution in [0.1, 0.15) is 284 Å². The second kappa shape index (κ2) is 47.3. The van der Waals surface area contributed by atoms with Crippen LogP contribution in [0, 0.1) is 0 Å². The largest absolute Gasteiger partial charge is 0.472 e. The van der Waals surface area contributed by atoms with Gasteiger partial charge in [0.15, 0.2) is 0 Å². The molecule has 0 rings (SSSR count). The molecule has 0 bridgehead atoms. The number of nitrogens with one attached hydrogen (secondary N) is 1. The number of hydrogen-bond donors (Lipinski definition) is 3. The SMILES string of the molecule is CCCCCCCCCC/C=C\CCCCCCCCCCCCCCCCCC(=O)NC(COP(=O)(O)OCC[N+](C)(C)C)C(O)CCCCCCCCCCCCCCCCC. The van der Waals surface area contributed by atoms with Crippen LogP contribution in [0.3, 0.4) is 0 Å². The first kappa shape index (κ1) is 63.2. The maximum Gasteiger partial charge on any atom is 0.472 e. The highest BCUT2D eigenvalue weighted by molar-refractivity contribution is 7.47. The van der Waals surface area contributed by atoms with E-state index in [1.165, 1.54) is 218 Å². The molecule has 0 spiro atoms. The Kier molecular flexibility index (Phi) is 46.8. The molecule has 64 heavy (non-hydrogen) atoms. The van der Waals surface area contributed by atoms with Gasteiger partial charge in [0.2, 0.25) is 5.91 Å². The lowest BCUT2D eigenvalue weighted by atomic mass is 10.0. The van der Waals surface area contributed by atoms with E-state index < -0.39 is 20.0 Å². The van der Waals surface area contributed by atoms with Gasteiger partial charge >= 0.3 is 7.82 Å². The van der Waals surface area contributed by atoms with Crippen LogP contribution < -0.4 is 5.32 Å². The number of aliphatic hydroxyl groups is 1. The summed E-state index contributed by atoms with van der Waals surface area (Å²) in [7, 11) is 1.63. The van der Waals surface area contributed by atoms with Crippen LogP contribution >= 0.6 is 7.82 Å². The average Bonchev–Trinajstić information content (AvgIpc) is 3.25. The van der Waals surface area contributed by atoms with Crippen LogP contribution in [0.2, 0.25) is 0 Å². The van der Waals surface area contributed by atoms with E-state index >= 15 is 0 Å². The van der Waals surface area contributed by atoms with Crippen LogP contribution in [-0.4, -0.2) is 73.4 Å². The van der Waals surface area contributed by atoms with Gasteiger partial charge in [-0.15, -0.1) is 0 Å².